The number of nitrogens with two attached hydrogens (primary N) is 1. The average molecular weight is 278 g/mol. The highest BCUT2D eigenvalue weighted by molar-refractivity contribution is 5.82. The Kier molecular flexibility index (Phi) is 6.02. The number of carbonyl (C=O) groups is 1. The van der Waals surface area contributed by atoms with Crippen molar-refractivity contribution in [2.45, 2.75) is 40.2 Å². The third-order valence-electron chi connectivity index (χ3n) is 4.15. The first kappa shape index (κ1) is 16.5. The summed E-state index contributed by atoms with van der Waals surface area (Å²) < 4.78 is 5.29. The number of aryl methyl sites for hydroxylation is 1. The van der Waals surface area contributed by atoms with Gasteiger partial charge in [-0.05, 0) is 37.0 Å². The maximum atomic E-state index is 12.3. The van der Waals surface area contributed by atoms with Crippen LogP contribution in [-0.2, 0) is 11.3 Å². The van der Waals surface area contributed by atoms with Crippen molar-refractivity contribution in [3.05, 3.63) is 29.3 Å². The number of nitrogens with one attached hydrogen (secondary N) is 1. The number of carbonyl (C=O) groups excluding carboxylic acids is 1. The molecule has 4 heteroatoms. The van der Waals surface area contributed by atoms with Crippen molar-refractivity contribution in [2.75, 3.05) is 13.7 Å². The lowest BCUT2D eigenvalue weighted by Gasteiger charge is -2.28. The van der Waals surface area contributed by atoms with Crippen molar-refractivity contribution in [1.29, 1.82) is 0 Å². The summed E-state index contributed by atoms with van der Waals surface area (Å²) in [5.74, 6) is 0.873. The fourth-order valence-electron chi connectivity index (χ4n) is 2.30. The van der Waals surface area contributed by atoms with Gasteiger partial charge in [0, 0.05) is 13.1 Å². The summed E-state index contributed by atoms with van der Waals surface area (Å²) in [7, 11) is 1.65. The molecule has 3 N–H and O–H groups in total. The van der Waals surface area contributed by atoms with Gasteiger partial charge in [-0.2, -0.15) is 0 Å². The Labute approximate surface area is 121 Å². The number of ether oxygens (including phenoxy) is 1. The summed E-state index contributed by atoms with van der Waals surface area (Å²) in [6, 6.07) is 5.95. The molecule has 0 saturated heterocycles. The number of amides is 1. The van der Waals surface area contributed by atoms with Crippen LogP contribution in [0.4, 0.5) is 0 Å². The molecule has 112 valence electrons. The van der Waals surface area contributed by atoms with Crippen molar-refractivity contribution in [1.82, 2.24) is 5.32 Å². The number of rotatable bonds is 7. The molecular formula is C16H26N2O2. The van der Waals surface area contributed by atoms with E-state index in [9.17, 15) is 4.79 Å². The van der Waals surface area contributed by atoms with E-state index in [-0.39, 0.29) is 5.91 Å². The lowest BCUT2D eigenvalue weighted by Crippen LogP contribution is -2.45. The number of hydrogen-bond donors (Lipinski definition) is 2. The molecule has 1 aromatic rings. The summed E-state index contributed by atoms with van der Waals surface area (Å²) in [4.78, 5) is 12.3. The van der Waals surface area contributed by atoms with Crippen LogP contribution >= 0.6 is 0 Å². The number of hydrogen-bond acceptors (Lipinski definition) is 3. The molecule has 4 nitrogen and oxygen atoms in total. The molecular weight excluding hydrogens is 252 g/mol. The number of benzene rings is 1. The van der Waals surface area contributed by atoms with Crippen LogP contribution in [0.1, 0.15) is 37.8 Å². The van der Waals surface area contributed by atoms with Crippen LogP contribution in [0.15, 0.2) is 18.2 Å². The van der Waals surface area contributed by atoms with Gasteiger partial charge in [-0.25, -0.2) is 0 Å². The molecule has 0 spiro atoms. The second-order valence-electron chi connectivity index (χ2n) is 5.18. The lowest BCUT2D eigenvalue weighted by molar-refractivity contribution is -0.131. The fourth-order valence-corrected chi connectivity index (χ4v) is 2.30. The van der Waals surface area contributed by atoms with Crippen LogP contribution in [0, 0.1) is 12.3 Å². The lowest BCUT2D eigenvalue weighted by atomic mass is 9.81. The first-order chi connectivity index (χ1) is 9.52. The molecule has 0 aliphatic rings. The van der Waals surface area contributed by atoms with Crippen LogP contribution in [0.2, 0.25) is 0 Å². The maximum Gasteiger partial charge on any atom is 0.227 e. The molecule has 0 aliphatic heterocycles. The van der Waals surface area contributed by atoms with Gasteiger partial charge in [-0.1, -0.05) is 26.0 Å². The molecule has 0 saturated carbocycles. The number of methoxy groups -OCH3 is 1. The molecule has 0 fully saturated rings. The van der Waals surface area contributed by atoms with Crippen molar-refractivity contribution >= 4 is 5.91 Å². The second kappa shape index (κ2) is 7.29. The van der Waals surface area contributed by atoms with E-state index < -0.39 is 5.41 Å². The summed E-state index contributed by atoms with van der Waals surface area (Å²) in [6.45, 7) is 6.88. The van der Waals surface area contributed by atoms with E-state index in [4.69, 9.17) is 10.5 Å². The second-order valence-corrected chi connectivity index (χ2v) is 5.18. The minimum Gasteiger partial charge on any atom is -0.496 e. The molecule has 1 rings (SSSR count). The van der Waals surface area contributed by atoms with Crippen LogP contribution < -0.4 is 15.8 Å². The molecule has 20 heavy (non-hydrogen) atoms. The van der Waals surface area contributed by atoms with E-state index in [0.29, 0.717) is 13.1 Å². The van der Waals surface area contributed by atoms with Crippen LogP contribution in [0.5, 0.6) is 5.75 Å². The van der Waals surface area contributed by atoms with Gasteiger partial charge in [0.05, 0.1) is 12.5 Å². The minimum absolute atomic E-state index is 0.0320. The molecule has 1 aromatic carbocycles. The third-order valence-corrected chi connectivity index (χ3v) is 4.15. The molecule has 0 heterocycles. The fraction of sp³-hybridized carbons (Fsp3) is 0.562. The highest BCUT2D eigenvalue weighted by Crippen LogP contribution is 2.25. The van der Waals surface area contributed by atoms with Crippen molar-refractivity contribution in [2.24, 2.45) is 11.1 Å². The van der Waals surface area contributed by atoms with E-state index in [1.165, 1.54) is 0 Å². The summed E-state index contributed by atoms with van der Waals surface area (Å²) >= 11 is 0. The van der Waals surface area contributed by atoms with Gasteiger partial charge in [0.25, 0.3) is 0 Å². The Morgan fingerprint density at radius 1 is 1.35 bits per heavy atom. The zero-order valence-electron chi connectivity index (χ0n) is 13.0. The summed E-state index contributed by atoms with van der Waals surface area (Å²) in [5, 5.41) is 2.99. The molecule has 0 aromatic heterocycles. The van der Waals surface area contributed by atoms with Gasteiger partial charge < -0.3 is 15.8 Å². The van der Waals surface area contributed by atoms with E-state index in [0.717, 1.165) is 29.7 Å². The zero-order valence-corrected chi connectivity index (χ0v) is 13.0. The highest BCUT2D eigenvalue weighted by Gasteiger charge is 2.32. The first-order valence-corrected chi connectivity index (χ1v) is 7.14. The normalized spacial score (nSPS) is 11.2. The maximum absolute atomic E-state index is 12.3. The Hall–Kier alpha value is -1.55. The molecule has 1 amide bonds. The highest BCUT2D eigenvalue weighted by atomic mass is 16.5. The molecule has 0 radical (unpaired) electrons. The van der Waals surface area contributed by atoms with Gasteiger partial charge in [-0.15, -0.1) is 0 Å². The van der Waals surface area contributed by atoms with Gasteiger partial charge in [-0.3, -0.25) is 4.79 Å². The van der Waals surface area contributed by atoms with Gasteiger partial charge >= 0.3 is 0 Å². The Bertz CT molecular complexity index is 446. The molecule has 0 atom stereocenters. The largest absolute Gasteiger partial charge is 0.496 e. The van der Waals surface area contributed by atoms with E-state index in [2.05, 4.69) is 5.32 Å². The van der Waals surface area contributed by atoms with Crippen LogP contribution in [0.3, 0.4) is 0 Å². The monoisotopic (exact) mass is 278 g/mol. The quantitative estimate of drug-likeness (QED) is 0.805. The predicted octanol–water partition coefficient (Wildman–Crippen LogP) is 2.38. The summed E-state index contributed by atoms with van der Waals surface area (Å²) in [6.07, 6.45) is 1.51. The SMILES string of the molecule is CCC(CC)(CN)C(=O)NCc1ccc(C)c(OC)c1. The van der Waals surface area contributed by atoms with Crippen LogP contribution in [0.25, 0.3) is 0 Å². The molecule has 0 aliphatic carbocycles. The van der Waals surface area contributed by atoms with E-state index in [1.54, 1.807) is 7.11 Å². The summed E-state index contributed by atoms with van der Waals surface area (Å²) in [5.41, 5.74) is 7.44. The van der Waals surface area contributed by atoms with Gasteiger partial charge in [0.2, 0.25) is 5.91 Å². The van der Waals surface area contributed by atoms with Gasteiger partial charge in [0.15, 0.2) is 0 Å². The van der Waals surface area contributed by atoms with Crippen LogP contribution in [-0.4, -0.2) is 19.6 Å². The third kappa shape index (κ3) is 3.51. The standard InChI is InChI=1S/C16H26N2O2/c1-5-16(6-2,11-17)15(19)18-10-13-8-7-12(3)14(9-13)20-4/h7-9H,5-6,10-11,17H2,1-4H3,(H,18,19). The van der Waals surface area contributed by atoms with E-state index >= 15 is 0 Å². The van der Waals surface area contributed by atoms with Crippen molar-refractivity contribution < 1.29 is 9.53 Å². The Balaban J connectivity index is 2.74. The topological polar surface area (TPSA) is 64.4 Å². The minimum atomic E-state index is -0.450. The smallest absolute Gasteiger partial charge is 0.227 e. The molecule has 0 bridgehead atoms. The molecule has 0 unspecified atom stereocenters. The Morgan fingerprint density at radius 2 is 2.00 bits per heavy atom. The van der Waals surface area contributed by atoms with E-state index in [1.807, 2.05) is 39.0 Å². The zero-order chi connectivity index (χ0) is 15.2. The van der Waals surface area contributed by atoms with Crippen molar-refractivity contribution in [3.8, 4) is 5.75 Å². The average Bonchev–Trinajstić information content (AvgIpc) is 2.48. The Morgan fingerprint density at radius 3 is 2.50 bits per heavy atom. The first-order valence-electron chi connectivity index (χ1n) is 7.14. The predicted molar refractivity (Wildman–Crippen MR) is 81.6 cm³/mol. The van der Waals surface area contributed by atoms with Gasteiger partial charge in [0.1, 0.15) is 5.75 Å². The van der Waals surface area contributed by atoms with Crippen molar-refractivity contribution in [3.63, 3.8) is 0 Å².